The van der Waals surface area contributed by atoms with Gasteiger partial charge in [-0.15, -0.1) is 0 Å². The van der Waals surface area contributed by atoms with Gasteiger partial charge in [-0.25, -0.2) is 0 Å². The molecule has 0 aliphatic carbocycles. The molecule has 4 aliphatic heterocycles. The maximum absolute atomic E-state index is 13.4. The highest BCUT2D eigenvalue weighted by atomic mass is 16.2. The third-order valence-corrected chi connectivity index (χ3v) is 12.3. The number of allylic oxidation sites excluding steroid dienone is 1. The minimum atomic E-state index is -0.630. The largest absolute Gasteiger partial charge is 0.369 e. The monoisotopic (exact) mass is 822 g/mol. The molecule has 0 radical (unpaired) electrons. The topological polar surface area (TPSA) is 159 Å². The van der Waals surface area contributed by atoms with E-state index in [1.807, 2.05) is 29.2 Å². The van der Waals surface area contributed by atoms with Crippen molar-refractivity contribution in [1.82, 2.24) is 30.3 Å². The van der Waals surface area contributed by atoms with E-state index in [2.05, 4.69) is 55.5 Å². The number of benzene rings is 2. The minimum absolute atomic E-state index is 0.0835. The van der Waals surface area contributed by atoms with Crippen molar-refractivity contribution in [2.75, 3.05) is 57.3 Å². The lowest BCUT2D eigenvalue weighted by Gasteiger charge is -2.36. The van der Waals surface area contributed by atoms with Crippen LogP contribution < -0.4 is 15.5 Å². The number of anilines is 1. The molecule has 0 saturated carbocycles. The number of carbonyl (C=O) groups excluding carboxylic acids is 5. The summed E-state index contributed by atoms with van der Waals surface area (Å²) >= 11 is 0. The van der Waals surface area contributed by atoms with Crippen molar-refractivity contribution in [3.8, 4) is 17.9 Å². The van der Waals surface area contributed by atoms with E-state index in [9.17, 15) is 29.2 Å². The Hall–Kier alpha value is -6.31. The molecule has 4 aliphatic rings. The minimum Gasteiger partial charge on any atom is -0.369 e. The third-order valence-electron chi connectivity index (χ3n) is 12.3. The Bertz CT molecular complexity index is 2210. The summed E-state index contributed by atoms with van der Waals surface area (Å²) in [6.07, 6.45) is 12.8. The summed E-state index contributed by atoms with van der Waals surface area (Å²) in [4.78, 5) is 75.3. The smallest absolute Gasteiger partial charge is 0.255 e. The lowest BCUT2D eigenvalue weighted by atomic mass is 9.92. The standard InChI is InChI=1S/C48H54N8O5/c49-32-39(38-12-8-22-50-33-38)31-45(58)51-23-7-9-35-20-25-55(26-21-35)47(60)37-14-16-40(17-15-37)54-29-27-53(28-30-54)24-5-3-1-2-4-10-36-11-6-13-41-42(36)34-56(48(41)61)43-18-19-44(57)52-46(43)59/h6,8,11-17,22,31,33,35,43H,1-3,5,7,9,18-21,23-30,34H2,(H,51,58)(H,52,57,59)/b39-31+. The SMILES string of the molecule is N#C/C(=C\C(=O)NCCCC1CCN(C(=O)c2ccc(N3CCN(CCCCCC#Cc4cccc5c4CN(C4CCC(=O)NC4=O)C5=O)CC3)cc2)CC1)c1cccnc1. The number of piperidine rings is 2. The number of fused-ring (bicyclic) bond motifs is 1. The van der Waals surface area contributed by atoms with Gasteiger partial charge in [0.2, 0.25) is 17.7 Å². The van der Waals surface area contributed by atoms with Crippen LogP contribution in [0.1, 0.15) is 102 Å². The van der Waals surface area contributed by atoms with Gasteiger partial charge in [-0.1, -0.05) is 30.4 Å². The number of unbranched alkanes of at least 4 members (excludes halogenated alkanes) is 3. The zero-order chi connectivity index (χ0) is 42.6. The lowest BCUT2D eigenvalue weighted by molar-refractivity contribution is -0.137. The van der Waals surface area contributed by atoms with Crippen LogP contribution in [0.25, 0.3) is 5.57 Å². The van der Waals surface area contributed by atoms with Gasteiger partial charge in [-0.3, -0.25) is 39.2 Å². The number of nitriles is 1. The first-order valence-corrected chi connectivity index (χ1v) is 21.7. The molecule has 5 amide bonds. The van der Waals surface area contributed by atoms with Gasteiger partial charge in [0.1, 0.15) is 12.1 Å². The van der Waals surface area contributed by atoms with Crippen LogP contribution in [-0.2, 0) is 20.9 Å². The van der Waals surface area contributed by atoms with Crippen molar-refractivity contribution in [2.24, 2.45) is 5.92 Å². The predicted molar refractivity (Wildman–Crippen MR) is 232 cm³/mol. The summed E-state index contributed by atoms with van der Waals surface area (Å²) in [5.74, 6) is 6.02. The van der Waals surface area contributed by atoms with Crippen LogP contribution in [-0.4, -0.2) is 108 Å². The number of nitrogens with one attached hydrogen (secondary N) is 2. The highest BCUT2D eigenvalue weighted by molar-refractivity contribution is 6.05. The molecule has 0 spiro atoms. The number of aromatic nitrogens is 1. The zero-order valence-electron chi connectivity index (χ0n) is 34.7. The van der Waals surface area contributed by atoms with E-state index in [4.69, 9.17) is 0 Å². The van der Waals surface area contributed by atoms with Crippen molar-refractivity contribution in [2.45, 2.75) is 76.8 Å². The summed E-state index contributed by atoms with van der Waals surface area (Å²) in [7, 11) is 0. The van der Waals surface area contributed by atoms with E-state index in [1.54, 1.807) is 35.5 Å². The Kier molecular flexibility index (Phi) is 14.6. The molecule has 2 N–H and O–H groups in total. The van der Waals surface area contributed by atoms with Gasteiger partial charge in [0.05, 0.1) is 5.57 Å². The molecular formula is C48H54N8O5. The van der Waals surface area contributed by atoms with Crippen LogP contribution in [0.2, 0.25) is 0 Å². The number of amides is 5. The average molecular weight is 823 g/mol. The van der Waals surface area contributed by atoms with Gasteiger partial charge in [0.15, 0.2) is 0 Å². The van der Waals surface area contributed by atoms with E-state index < -0.39 is 11.9 Å². The number of imide groups is 1. The molecule has 13 heteroatoms. The van der Waals surface area contributed by atoms with Crippen molar-refractivity contribution in [3.63, 3.8) is 0 Å². The van der Waals surface area contributed by atoms with Crippen LogP contribution in [0.3, 0.4) is 0 Å². The van der Waals surface area contributed by atoms with E-state index in [0.717, 1.165) is 120 Å². The quantitative estimate of drug-likeness (QED) is 0.0756. The predicted octanol–water partition coefficient (Wildman–Crippen LogP) is 4.93. The van der Waals surface area contributed by atoms with Gasteiger partial charge in [-0.05, 0) is 105 Å². The molecule has 3 aromatic rings. The third kappa shape index (κ3) is 11.1. The Labute approximate surface area is 358 Å². The molecule has 1 unspecified atom stereocenters. The van der Waals surface area contributed by atoms with Gasteiger partial charge in [0, 0.05) is 112 Å². The molecule has 1 atom stereocenters. The van der Waals surface area contributed by atoms with Crippen molar-refractivity contribution in [3.05, 3.63) is 101 Å². The van der Waals surface area contributed by atoms with Crippen LogP contribution >= 0.6 is 0 Å². The van der Waals surface area contributed by atoms with E-state index in [1.165, 1.54) is 6.08 Å². The summed E-state index contributed by atoms with van der Waals surface area (Å²) in [5.41, 5.74) is 5.05. The molecule has 0 bridgehead atoms. The molecule has 2 aromatic carbocycles. The van der Waals surface area contributed by atoms with Crippen molar-refractivity contribution in [1.29, 1.82) is 5.26 Å². The number of rotatable bonds is 14. The second kappa shape index (κ2) is 20.8. The summed E-state index contributed by atoms with van der Waals surface area (Å²) < 4.78 is 0. The number of hydrogen-bond acceptors (Lipinski definition) is 9. The molecule has 61 heavy (non-hydrogen) atoms. The number of piperazine rings is 1. The van der Waals surface area contributed by atoms with Crippen molar-refractivity contribution < 1.29 is 24.0 Å². The van der Waals surface area contributed by atoms with Gasteiger partial charge >= 0.3 is 0 Å². The highest BCUT2D eigenvalue weighted by Gasteiger charge is 2.39. The fourth-order valence-electron chi connectivity index (χ4n) is 8.72. The normalized spacial score (nSPS) is 18.5. The Morgan fingerprint density at radius 3 is 2.43 bits per heavy atom. The number of hydrogen-bond donors (Lipinski definition) is 2. The zero-order valence-corrected chi connectivity index (χ0v) is 34.7. The van der Waals surface area contributed by atoms with Crippen LogP contribution in [0.4, 0.5) is 5.69 Å². The molecule has 7 rings (SSSR count). The molecular weight excluding hydrogens is 769 g/mol. The van der Waals surface area contributed by atoms with E-state index in [0.29, 0.717) is 36.6 Å². The van der Waals surface area contributed by atoms with E-state index >= 15 is 0 Å². The summed E-state index contributed by atoms with van der Waals surface area (Å²) in [6, 6.07) is 18.6. The summed E-state index contributed by atoms with van der Waals surface area (Å²) in [5, 5.41) is 14.7. The number of carbonyl (C=O) groups is 5. The number of likely N-dealkylation sites (tertiary alicyclic amines) is 1. The molecule has 5 heterocycles. The van der Waals surface area contributed by atoms with Crippen LogP contribution in [0.15, 0.2) is 73.1 Å². The average Bonchev–Trinajstić information content (AvgIpc) is 3.63. The van der Waals surface area contributed by atoms with Crippen molar-refractivity contribution >= 4 is 40.8 Å². The fourth-order valence-corrected chi connectivity index (χ4v) is 8.72. The number of nitrogens with zero attached hydrogens (tertiary/aromatic N) is 6. The fraction of sp³-hybridized carbons (Fsp3) is 0.438. The second-order valence-electron chi connectivity index (χ2n) is 16.3. The Balaban J connectivity index is 0.752. The Morgan fingerprint density at radius 1 is 0.885 bits per heavy atom. The van der Waals surface area contributed by atoms with Crippen LogP contribution in [0.5, 0.6) is 0 Å². The van der Waals surface area contributed by atoms with E-state index in [-0.39, 0.29) is 35.6 Å². The molecule has 3 fully saturated rings. The van der Waals surface area contributed by atoms with Crippen LogP contribution in [0, 0.1) is 29.1 Å². The molecule has 316 valence electrons. The summed E-state index contributed by atoms with van der Waals surface area (Å²) in [6.45, 7) is 7.30. The molecule has 1 aromatic heterocycles. The highest BCUT2D eigenvalue weighted by Crippen LogP contribution is 2.30. The molecule has 13 nitrogen and oxygen atoms in total. The lowest BCUT2D eigenvalue weighted by Crippen LogP contribution is -2.52. The van der Waals surface area contributed by atoms with Gasteiger partial charge in [0.25, 0.3) is 11.8 Å². The first kappa shape index (κ1) is 42.8. The Morgan fingerprint density at radius 2 is 1.69 bits per heavy atom. The maximum atomic E-state index is 13.4. The van der Waals surface area contributed by atoms with Gasteiger partial charge < -0.3 is 20.0 Å². The molecule has 3 saturated heterocycles. The first-order chi connectivity index (χ1) is 29.8. The number of pyridine rings is 1. The van der Waals surface area contributed by atoms with Gasteiger partial charge in [-0.2, -0.15) is 5.26 Å². The maximum Gasteiger partial charge on any atom is 0.255 e. The first-order valence-electron chi connectivity index (χ1n) is 21.7. The second-order valence-corrected chi connectivity index (χ2v) is 16.3.